The van der Waals surface area contributed by atoms with Crippen LogP contribution in [0.3, 0.4) is 0 Å². The second-order valence-corrected chi connectivity index (χ2v) is 6.59. The standard InChI is InChI=1S/C16H27N3OS/c1-3-19(4-2)15(13-7-8-21-11-13)10-18-16(20)12-5-6-14(17)9-12/h7-8,11-12,14-15H,3-6,9-10,17H2,1-2H3,(H,18,20). The van der Waals surface area contributed by atoms with Gasteiger partial charge in [0, 0.05) is 18.5 Å². The van der Waals surface area contributed by atoms with E-state index < -0.39 is 0 Å². The highest BCUT2D eigenvalue weighted by molar-refractivity contribution is 7.07. The van der Waals surface area contributed by atoms with Crippen molar-refractivity contribution < 1.29 is 4.79 Å². The highest BCUT2D eigenvalue weighted by Gasteiger charge is 2.28. The second-order valence-electron chi connectivity index (χ2n) is 5.81. The molecular weight excluding hydrogens is 282 g/mol. The fourth-order valence-corrected chi connectivity index (χ4v) is 3.89. The van der Waals surface area contributed by atoms with Crippen LogP contribution < -0.4 is 11.1 Å². The van der Waals surface area contributed by atoms with Gasteiger partial charge in [-0.2, -0.15) is 11.3 Å². The Kier molecular flexibility index (Phi) is 6.21. The Balaban J connectivity index is 1.94. The summed E-state index contributed by atoms with van der Waals surface area (Å²) in [7, 11) is 0. The van der Waals surface area contributed by atoms with Crippen LogP contribution in [0.15, 0.2) is 16.8 Å². The number of rotatable bonds is 7. The van der Waals surface area contributed by atoms with Crippen molar-refractivity contribution in [1.29, 1.82) is 0 Å². The minimum atomic E-state index is 0.111. The minimum Gasteiger partial charge on any atom is -0.354 e. The average molecular weight is 309 g/mol. The largest absolute Gasteiger partial charge is 0.354 e. The monoisotopic (exact) mass is 309 g/mol. The van der Waals surface area contributed by atoms with Gasteiger partial charge in [0.2, 0.25) is 5.91 Å². The van der Waals surface area contributed by atoms with Crippen LogP contribution in [0, 0.1) is 5.92 Å². The summed E-state index contributed by atoms with van der Waals surface area (Å²) < 4.78 is 0. The number of hydrogen-bond donors (Lipinski definition) is 2. The number of carbonyl (C=O) groups excluding carboxylic acids is 1. The van der Waals surface area contributed by atoms with E-state index in [1.54, 1.807) is 11.3 Å². The maximum absolute atomic E-state index is 12.3. The Morgan fingerprint density at radius 3 is 2.76 bits per heavy atom. The van der Waals surface area contributed by atoms with Crippen LogP contribution >= 0.6 is 11.3 Å². The van der Waals surface area contributed by atoms with Gasteiger partial charge in [-0.1, -0.05) is 13.8 Å². The molecule has 0 radical (unpaired) electrons. The predicted octanol–water partition coefficient (Wildman–Crippen LogP) is 2.37. The van der Waals surface area contributed by atoms with Gasteiger partial charge >= 0.3 is 0 Å². The molecule has 0 bridgehead atoms. The first-order valence-electron chi connectivity index (χ1n) is 7.95. The van der Waals surface area contributed by atoms with Gasteiger partial charge in [0.15, 0.2) is 0 Å². The van der Waals surface area contributed by atoms with E-state index in [2.05, 4.69) is 40.9 Å². The van der Waals surface area contributed by atoms with Crippen LogP contribution in [0.1, 0.15) is 44.7 Å². The summed E-state index contributed by atoms with van der Waals surface area (Å²) in [6.07, 6.45) is 2.74. The Morgan fingerprint density at radius 1 is 1.48 bits per heavy atom. The summed E-state index contributed by atoms with van der Waals surface area (Å²) in [6.45, 7) is 6.99. The first-order valence-corrected chi connectivity index (χ1v) is 8.89. The average Bonchev–Trinajstić information content (AvgIpc) is 3.14. The van der Waals surface area contributed by atoms with Gasteiger partial charge in [-0.05, 0) is 54.7 Å². The van der Waals surface area contributed by atoms with Gasteiger partial charge in [0.1, 0.15) is 0 Å². The number of hydrogen-bond acceptors (Lipinski definition) is 4. The van der Waals surface area contributed by atoms with E-state index in [0.717, 1.165) is 32.4 Å². The number of carbonyl (C=O) groups is 1. The molecule has 1 fully saturated rings. The van der Waals surface area contributed by atoms with Gasteiger partial charge in [0.25, 0.3) is 0 Å². The summed E-state index contributed by atoms with van der Waals surface area (Å²) >= 11 is 1.71. The summed E-state index contributed by atoms with van der Waals surface area (Å²) in [5.41, 5.74) is 7.20. The normalized spacial score (nSPS) is 23.4. The zero-order chi connectivity index (χ0) is 15.2. The molecule has 1 amide bonds. The van der Waals surface area contributed by atoms with Gasteiger partial charge in [-0.25, -0.2) is 0 Å². The number of likely N-dealkylation sites (N-methyl/N-ethyl adjacent to an activating group) is 1. The molecule has 3 unspecified atom stereocenters. The number of thiophene rings is 1. The van der Waals surface area contributed by atoms with Crippen LogP contribution in [0.4, 0.5) is 0 Å². The van der Waals surface area contributed by atoms with Gasteiger partial charge < -0.3 is 11.1 Å². The van der Waals surface area contributed by atoms with Crippen molar-refractivity contribution in [3.63, 3.8) is 0 Å². The lowest BCUT2D eigenvalue weighted by molar-refractivity contribution is -0.125. The molecule has 1 saturated carbocycles. The van der Waals surface area contributed by atoms with Crippen LogP contribution in [-0.2, 0) is 4.79 Å². The smallest absolute Gasteiger partial charge is 0.223 e. The van der Waals surface area contributed by atoms with Gasteiger partial charge in [-0.3, -0.25) is 9.69 Å². The van der Waals surface area contributed by atoms with Crippen molar-refractivity contribution in [3.05, 3.63) is 22.4 Å². The molecular formula is C16H27N3OS. The Morgan fingerprint density at radius 2 is 2.24 bits per heavy atom. The molecule has 2 rings (SSSR count). The van der Waals surface area contributed by atoms with Gasteiger partial charge in [-0.15, -0.1) is 0 Å². The molecule has 1 aromatic rings. The zero-order valence-electron chi connectivity index (χ0n) is 13.0. The highest BCUT2D eigenvalue weighted by atomic mass is 32.1. The number of nitrogens with zero attached hydrogens (tertiary/aromatic N) is 1. The maximum Gasteiger partial charge on any atom is 0.223 e. The highest BCUT2D eigenvalue weighted by Crippen LogP contribution is 2.25. The third-order valence-corrected chi connectivity index (χ3v) is 5.20. The number of nitrogens with one attached hydrogen (secondary N) is 1. The predicted molar refractivity (Wildman–Crippen MR) is 88.3 cm³/mol. The van der Waals surface area contributed by atoms with Crippen LogP contribution in [0.2, 0.25) is 0 Å². The lowest BCUT2D eigenvalue weighted by atomic mass is 10.1. The molecule has 3 atom stereocenters. The van der Waals surface area contributed by atoms with E-state index in [1.165, 1.54) is 5.56 Å². The third kappa shape index (κ3) is 4.28. The number of amides is 1. The Labute approximate surface area is 131 Å². The fraction of sp³-hybridized carbons (Fsp3) is 0.688. The molecule has 5 heteroatoms. The molecule has 1 aliphatic carbocycles. The Hall–Kier alpha value is -0.910. The molecule has 1 aliphatic rings. The quantitative estimate of drug-likeness (QED) is 0.813. The Bertz CT molecular complexity index is 431. The second kappa shape index (κ2) is 7.92. The molecule has 0 aromatic carbocycles. The van der Waals surface area contributed by atoms with E-state index in [0.29, 0.717) is 6.54 Å². The molecule has 1 aromatic heterocycles. The van der Waals surface area contributed by atoms with Crippen molar-refractivity contribution in [2.24, 2.45) is 11.7 Å². The van der Waals surface area contributed by atoms with Crippen molar-refractivity contribution >= 4 is 17.2 Å². The van der Waals surface area contributed by atoms with Gasteiger partial charge in [0.05, 0.1) is 6.04 Å². The van der Waals surface area contributed by atoms with E-state index in [1.807, 2.05) is 0 Å². The fourth-order valence-electron chi connectivity index (χ4n) is 3.18. The molecule has 4 nitrogen and oxygen atoms in total. The summed E-state index contributed by atoms with van der Waals surface area (Å²) in [4.78, 5) is 14.7. The van der Waals surface area contributed by atoms with Crippen molar-refractivity contribution in [1.82, 2.24) is 10.2 Å². The first kappa shape index (κ1) is 16.5. The molecule has 0 saturated heterocycles. The van der Waals surface area contributed by atoms with Crippen molar-refractivity contribution in [2.45, 2.75) is 45.2 Å². The summed E-state index contributed by atoms with van der Waals surface area (Å²) in [5.74, 6) is 0.287. The van der Waals surface area contributed by atoms with E-state index in [4.69, 9.17) is 5.73 Å². The zero-order valence-corrected chi connectivity index (χ0v) is 13.9. The van der Waals surface area contributed by atoms with Crippen LogP contribution in [0.25, 0.3) is 0 Å². The minimum absolute atomic E-state index is 0.111. The molecule has 0 spiro atoms. The van der Waals surface area contributed by atoms with Crippen LogP contribution in [0.5, 0.6) is 0 Å². The SMILES string of the molecule is CCN(CC)C(CNC(=O)C1CCC(N)C1)c1ccsc1. The third-order valence-electron chi connectivity index (χ3n) is 4.49. The maximum atomic E-state index is 12.3. The van der Waals surface area contributed by atoms with Crippen molar-refractivity contribution in [2.75, 3.05) is 19.6 Å². The van der Waals surface area contributed by atoms with E-state index >= 15 is 0 Å². The summed E-state index contributed by atoms with van der Waals surface area (Å²) in [5, 5.41) is 7.43. The molecule has 21 heavy (non-hydrogen) atoms. The molecule has 0 aliphatic heterocycles. The van der Waals surface area contributed by atoms with Crippen molar-refractivity contribution in [3.8, 4) is 0 Å². The first-order chi connectivity index (χ1) is 10.2. The molecule has 3 N–H and O–H groups in total. The van der Waals surface area contributed by atoms with E-state index in [-0.39, 0.29) is 23.9 Å². The summed E-state index contributed by atoms with van der Waals surface area (Å²) in [6, 6.07) is 2.63. The van der Waals surface area contributed by atoms with E-state index in [9.17, 15) is 4.79 Å². The lowest BCUT2D eigenvalue weighted by Gasteiger charge is -2.29. The number of nitrogens with two attached hydrogens (primary N) is 1. The topological polar surface area (TPSA) is 58.4 Å². The molecule has 118 valence electrons. The lowest BCUT2D eigenvalue weighted by Crippen LogP contribution is -2.39. The molecule has 1 heterocycles. The van der Waals surface area contributed by atoms with Crippen LogP contribution in [-0.4, -0.2) is 36.5 Å².